The molecule has 0 spiro atoms. The minimum atomic E-state index is -0.787. The van der Waals surface area contributed by atoms with Crippen molar-refractivity contribution in [3.05, 3.63) is 41.0 Å². The van der Waals surface area contributed by atoms with Gasteiger partial charge in [-0.25, -0.2) is 8.78 Å². The molecule has 0 atom stereocenters. The topological polar surface area (TPSA) is 40.5 Å². The molecule has 1 rings (SSSR count). The van der Waals surface area contributed by atoms with Gasteiger partial charge in [-0.2, -0.15) is 0 Å². The van der Waals surface area contributed by atoms with Gasteiger partial charge in [0.15, 0.2) is 0 Å². The molecule has 14 heavy (non-hydrogen) atoms. The smallest absolute Gasteiger partial charge is 0.132 e. The zero-order valence-electron chi connectivity index (χ0n) is 7.37. The number of rotatable bonds is 3. The van der Waals surface area contributed by atoms with Gasteiger partial charge in [0.25, 0.3) is 0 Å². The Bertz CT molecular complexity index is 325. The molecule has 0 aromatic heterocycles. The monoisotopic (exact) mass is 200 g/mol. The minimum Gasteiger partial charge on any atom is -0.392 e. The van der Waals surface area contributed by atoms with E-state index in [2.05, 4.69) is 0 Å². The van der Waals surface area contributed by atoms with E-state index in [9.17, 15) is 8.78 Å². The molecule has 0 amide bonds. The highest BCUT2D eigenvalue weighted by molar-refractivity contribution is 5.50. The molecule has 4 heteroatoms. The fourth-order valence-electron chi connectivity index (χ4n) is 1.06. The lowest BCUT2D eigenvalue weighted by atomic mass is 10.1. The van der Waals surface area contributed by atoms with Crippen LogP contribution < -0.4 is 0 Å². The first-order chi connectivity index (χ1) is 6.69. The van der Waals surface area contributed by atoms with Crippen molar-refractivity contribution in [2.45, 2.75) is 6.61 Å². The Morgan fingerprint density at radius 2 is 1.71 bits per heavy atom. The van der Waals surface area contributed by atoms with Gasteiger partial charge in [0.2, 0.25) is 0 Å². The molecule has 0 aliphatic carbocycles. The highest BCUT2D eigenvalue weighted by Gasteiger charge is 2.08. The van der Waals surface area contributed by atoms with Gasteiger partial charge in [0, 0.05) is 5.56 Å². The summed E-state index contributed by atoms with van der Waals surface area (Å²) in [6, 6.07) is 2.20. The third kappa shape index (κ3) is 2.37. The Morgan fingerprint density at radius 1 is 1.14 bits per heavy atom. The lowest BCUT2D eigenvalue weighted by Crippen LogP contribution is -1.96. The van der Waals surface area contributed by atoms with Crippen molar-refractivity contribution < 1.29 is 19.0 Å². The molecule has 2 nitrogen and oxygen atoms in total. The maximum atomic E-state index is 13.0. The molecule has 0 saturated heterocycles. The first kappa shape index (κ1) is 10.8. The van der Waals surface area contributed by atoms with Gasteiger partial charge in [-0.3, -0.25) is 0 Å². The van der Waals surface area contributed by atoms with Crippen LogP contribution in [0.4, 0.5) is 8.78 Å². The van der Waals surface area contributed by atoms with Crippen LogP contribution in [-0.2, 0) is 6.61 Å². The van der Waals surface area contributed by atoms with E-state index in [0.29, 0.717) is 5.56 Å². The van der Waals surface area contributed by atoms with Gasteiger partial charge in [-0.05, 0) is 17.7 Å². The van der Waals surface area contributed by atoms with Gasteiger partial charge in [0.05, 0.1) is 13.2 Å². The van der Waals surface area contributed by atoms with Crippen molar-refractivity contribution in [2.75, 3.05) is 6.61 Å². The number of aliphatic hydroxyl groups is 2. The molecule has 0 heterocycles. The fourth-order valence-corrected chi connectivity index (χ4v) is 1.06. The molecule has 0 aliphatic rings. The standard InChI is InChI=1S/C10H10F2O2/c11-9-4-7(2-1-3-13)5-10(12)8(9)6-14/h1-2,4-5,13-14H,3,6H2. The van der Waals surface area contributed by atoms with Crippen LogP contribution in [0.5, 0.6) is 0 Å². The van der Waals surface area contributed by atoms with Crippen LogP contribution in [0.25, 0.3) is 6.08 Å². The van der Waals surface area contributed by atoms with E-state index in [4.69, 9.17) is 10.2 Å². The molecular weight excluding hydrogens is 190 g/mol. The van der Waals surface area contributed by atoms with Crippen LogP contribution in [-0.4, -0.2) is 16.8 Å². The van der Waals surface area contributed by atoms with Gasteiger partial charge in [-0.1, -0.05) is 12.2 Å². The first-order valence-electron chi connectivity index (χ1n) is 4.05. The van der Waals surface area contributed by atoms with Crippen LogP contribution in [0.1, 0.15) is 11.1 Å². The van der Waals surface area contributed by atoms with Crippen LogP contribution in [0, 0.1) is 11.6 Å². The van der Waals surface area contributed by atoms with E-state index in [0.717, 1.165) is 12.1 Å². The maximum Gasteiger partial charge on any atom is 0.132 e. The SMILES string of the molecule is OCC=Cc1cc(F)c(CO)c(F)c1. The van der Waals surface area contributed by atoms with Crippen molar-refractivity contribution >= 4 is 6.08 Å². The van der Waals surface area contributed by atoms with E-state index in [1.165, 1.54) is 12.2 Å². The highest BCUT2D eigenvalue weighted by Crippen LogP contribution is 2.16. The van der Waals surface area contributed by atoms with Crippen molar-refractivity contribution in [3.8, 4) is 0 Å². The summed E-state index contributed by atoms with van der Waals surface area (Å²) >= 11 is 0. The molecule has 1 aromatic rings. The summed E-state index contributed by atoms with van der Waals surface area (Å²) in [5.41, 5.74) is -0.0302. The normalized spacial score (nSPS) is 11.1. The molecule has 2 N–H and O–H groups in total. The third-order valence-corrected chi connectivity index (χ3v) is 1.74. The van der Waals surface area contributed by atoms with Gasteiger partial charge >= 0.3 is 0 Å². The van der Waals surface area contributed by atoms with Crippen molar-refractivity contribution in [2.24, 2.45) is 0 Å². The summed E-state index contributed by atoms with van der Waals surface area (Å²) in [5.74, 6) is -1.57. The molecular formula is C10H10F2O2. The lowest BCUT2D eigenvalue weighted by molar-refractivity contribution is 0.269. The molecule has 0 saturated carbocycles. The molecule has 0 unspecified atom stereocenters. The molecule has 0 radical (unpaired) electrons. The second kappa shape index (κ2) is 4.83. The van der Waals surface area contributed by atoms with Crippen molar-refractivity contribution in [1.82, 2.24) is 0 Å². The van der Waals surface area contributed by atoms with E-state index in [1.807, 2.05) is 0 Å². The Labute approximate surface area is 80.1 Å². The van der Waals surface area contributed by atoms with Crippen molar-refractivity contribution in [3.63, 3.8) is 0 Å². The molecule has 0 fully saturated rings. The van der Waals surface area contributed by atoms with E-state index < -0.39 is 18.2 Å². The predicted octanol–water partition coefficient (Wildman–Crippen LogP) is 1.46. The van der Waals surface area contributed by atoms with Gasteiger partial charge in [-0.15, -0.1) is 0 Å². The highest BCUT2D eigenvalue weighted by atomic mass is 19.1. The first-order valence-corrected chi connectivity index (χ1v) is 4.05. The van der Waals surface area contributed by atoms with E-state index in [-0.39, 0.29) is 12.2 Å². The predicted molar refractivity (Wildman–Crippen MR) is 48.4 cm³/mol. The number of halogens is 2. The second-order valence-electron chi connectivity index (χ2n) is 2.71. The molecule has 0 bridgehead atoms. The number of benzene rings is 1. The maximum absolute atomic E-state index is 13.0. The Hall–Kier alpha value is -1.26. The van der Waals surface area contributed by atoms with E-state index in [1.54, 1.807) is 0 Å². The van der Waals surface area contributed by atoms with Crippen LogP contribution >= 0.6 is 0 Å². The largest absolute Gasteiger partial charge is 0.392 e. The summed E-state index contributed by atoms with van der Waals surface area (Å²) in [4.78, 5) is 0. The third-order valence-electron chi connectivity index (χ3n) is 1.74. The van der Waals surface area contributed by atoms with Crippen LogP contribution in [0.2, 0.25) is 0 Å². The quantitative estimate of drug-likeness (QED) is 0.775. The molecule has 0 aliphatic heterocycles. The zero-order valence-corrected chi connectivity index (χ0v) is 7.37. The summed E-state index contributed by atoms with van der Waals surface area (Å²) in [7, 11) is 0. The Kier molecular flexibility index (Phi) is 3.73. The lowest BCUT2D eigenvalue weighted by Gasteiger charge is -2.02. The minimum absolute atomic E-state index is 0.189. The van der Waals surface area contributed by atoms with Gasteiger partial charge < -0.3 is 10.2 Å². The van der Waals surface area contributed by atoms with Crippen LogP contribution in [0.3, 0.4) is 0 Å². The Balaban J connectivity index is 3.07. The summed E-state index contributed by atoms with van der Waals surface area (Å²) in [6.45, 7) is -0.855. The van der Waals surface area contributed by atoms with Crippen LogP contribution in [0.15, 0.2) is 18.2 Å². The summed E-state index contributed by atoms with van der Waals surface area (Å²) < 4.78 is 26.1. The zero-order chi connectivity index (χ0) is 10.6. The number of hydrogen-bond acceptors (Lipinski definition) is 2. The fraction of sp³-hybridized carbons (Fsp3) is 0.200. The average molecular weight is 200 g/mol. The van der Waals surface area contributed by atoms with Gasteiger partial charge in [0.1, 0.15) is 11.6 Å². The second-order valence-corrected chi connectivity index (χ2v) is 2.71. The number of hydrogen-bond donors (Lipinski definition) is 2. The summed E-state index contributed by atoms with van der Waals surface area (Å²) in [5, 5.41) is 17.1. The Morgan fingerprint density at radius 3 is 2.14 bits per heavy atom. The summed E-state index contributed by atoms with van der Waals surface area (Å²) in [6.07, 6.45) is 2.76. The average Bonchev–Trinajstić information content (AvgIpc) is 2.14. The molecule has 1 aromatic carbocycles. The molecule has 76 valence electrons. The number of aliphatic hydroxyl groups excluding tert-OH is 2. The van der Waals surface area contributed by atoms with Crippen molar-refractivity contribution in [1.29, 1.82) is 0 Å². The van der Waals surface area contributed by atoms with E-state index >= 15 is 0 Å².